The van der Waals surface area contributed by atoms with Gasteiger partial charge in [0.05, 0.1) is 0 Å². The third-order valence-electron chi connectivity index (χ3n) is 4.22. The molecule has 0 amide bonds. The fourth-order valence-electron chi connectivity index (χ4n) is 2.90. The largest absolute Gasteiger partial charge is 0.457 e. The lowest BCUT2D eigenvalue weighted by Gasteiger charge is -2.13. The number of para-hydroxylation sites is 1. The van der Waals surface area contributed by atoms with Gasteiger partial charge >= 0.3 is 5.92 Å². The fraction of sp³-hybridized carbons (Fsp3) is 0.143. The SMILES string of the molecule is COCC(F)(F)c1nnc2ccc(-c3ccc(Oc4ccccc4)cc3)cn12. The van der Waals surface area contributed by atoms with E-state index >= 15 is 0 Å². The Kier molecular flexibility index (Phi) is 4.75. The lowest BCUT2D eigenvalue weighted by molar-refractivity contribution is -0.0773. The number of alkyl halides is 2. The highest BCUT2D eigenvalue weighted by molar-refractivity contribution is 5.65. The summed E-state index contributed by atoms with van der Waals surface area (Å²) in [7, 11) is 1.22. The number of ether oxygens (including phenoxy) is 2. The summed E-state index contributed by atoms with van der Waals surface area (Å²) in [6.07, 6.45) is 1.60. The Morgan fingerprint density at radius 1 is 0.857 bits per heavy atom. The van der Waals surface area contributed by atoms with Crippen LogP contribution in [0.25, 0.3) is 16.8 Å². The van der Waals surface area contributed by atoms with Crippen molar-refractivity contribution >= 4 is 5.65 Å². The van der Waals surface area contributed by atoms with E-state index in [1.807, 2.05) is 60.7 Å². The van der Waals surface area contributed by atoms with Gasteiger partial charge in [0.1, 0.15) is 18.1 Å². The lowest BCUT2D eigenvalue weighted by atomic mass is 10.1. The topological polar surface area (TPSA) is 48.7 Å². The van der Waals surface area contributed by atoms with Crippen LogP contribution in [-0.4, -0.2) is 28.3 Å². The number of aromatic nitrogens is 3. The summed E-state index contributed by atoms with van der Waals surface area (Å²) in [5, 5.41) is 7.46. The van der Waals surface area contributed by atoms with Gasteiger partial charge in [0, 0.05) is 13.3 Å². The van der Waals surface area contributed by atoms with Gasteiger partial charge in [-0.1, -0.05) is 30.3 Å². The highest BCUT2D eigenvalue weighted by atomic mass is 19.3. The normalized spacial score (nSPS) is 11.7. The van der Waals surface area contributed by atoms with Crippen molar-refractivity contribution < 1.29 is 18.3 Å². The summed E-state index contributed by atoms with van der Waals surface area (Å²) >= 11 is 0. The minimum absolute atomic E-state index is 0.346. The van der Waals surface area contributed by atoms with Gasteiger partial charge in [-0.25, -0.2) is 0 Å². The van der Waals surface area contributed by atoms with Crippen LogP contribution in [0.3, 0.4) is 0 Å². The Bertz CT molecular complexity index is 1080. The molecule has 0 bridgehead atoms. The van der Waals surface area contributed by atoms with Crippen molar-refractivity contribution in [3.05, 3.63) is 78.8 Å². The van der Waals surface area contributed by atoms with E-state index < -0.39 is 18.4 Å². The molecular formula is C21H17F2N3O2. The van der Waals surface area contributed by atoms with Crippen molar-refractivity contribution in [1.82, 2.24) is 14.6 Å². The van der Waals surface area contributed by atoms with E-state index in [0.717, 1.165) is 16.9 Å². The molecule has 0 saturated heterocycles. The molecule has 2 aromatic carbocycles. The molecule has 4 aromatic rings. The maximum absolute atomic E-state index is 14.2. The Morgan fingerprint density at radius 2 is 1.54 bits per heavy atom. The van der Waals surface area contributed by atoms with Crippen LogP contribution in [0.2, 0.25) is 0 Å². The van der Waals surface area contributed by atoms with Gasteiger partial charge in [-0.15, -0.1) is 10.2 Å². The smallest absolute Gasteiger partial charge is 0.329 e. The van der Waals surface area contributed by atoms with Crippen LogP contribution in [0, 0.1) is 0 Å². The van der Waals surface area contributed by atoms with Crippen LogP contribution in [-0.2, 0) is 10.7 Å². The van der Waals surface area contributed by atoms with Gasteiger partial charge in [0.15, 0.2) is 5.65 Å². The molecule has 5 nitrogen and oxygen atoms in total. The molecule has 0 atom stereocenters. The number of methoxy groups -OCH3 is 1. The Balaban J connectivity index is 1.64. The molecule has 4 rings (SSSR count). The molecule has 0 spiro atoms. The molecule has 0 saturated carbocycles. The van der Waals surface area contributed by atoms with Gasteiger partial charge in [-0.05, 0) is 47.5 Å². The summed E-state index contributed by atoms with van der Waals surface area (Å²) < 4.78 is 40.2. The second kappa shape index (κ2) is 7.36. The van der Waals surface area contributed by atoms with Crippen molar-refractivity contribution in [3.8, 4) is 22.6 Å². The zero-order chi connectivity index (χ0) is 19.6. The molecule has 0 aliphatic heterocycles. The average Bonchev–Trinajstić information content (AvgIpc) is 3.13. The number of hydrogen-bond donors (Lipinski definition) is 0. The van der Waals surface area contributed by atoms with Crippen molar-refractivity contribution in [3.63, 3.8) is 0 Å². The van der Waals surface area contributed by atoms with Gasteiger partial charge < -0.3 is 9.47 Å². The first-order chi connectivity index (χ1) is 13.6. The molecule has 2 aromatic heterocycles. The van der Waals surface area contributed by atoms with E-state index in [9.17, 15) is 8.78 Å². The zero-order valence-electron chi connectivity index (χ0n) is 15.0. The highest BCUT2D eigenvalue weighted by Crippen LogP contribution is 2.30. The maximum atomic E-state index is 14.2. The minimum Gasteiger partial charge on any atom is -0.457 e. The van der Waals surface area contributed by atoms with E-state index in [-0.39, 0.29) is 0 Å². The van der Waals surface area contributed by atoms with Gasteiger partial charge in [0.2, 0.25) is 5.82 Å². The summed E-state index contributed by atoms with van der Waals surface area (Å²) in [4.78, 5) is 0. The number of fused-ring (bicyclic) bond motifs is 1. The second-order valence-electron chi connectivity index (χ2n) is 6.25. The molecule has 142 valence electrons. The quantitative estimate of drug-likeness (QED) is 0.475. The van der Waals surface area contributed by atoms with Crippen molar-refractivity contribution in [2.24, 2.45) is 0 Å². The minimum atomic E-state index is -3.24. The number of rotatable bonds is 6. The van der Waals surface area contributed by atoms with Crippen LogP contribution in [0.4, 0.5) is 8.78 Å². The van der Waals surface area contributed by atoms with E-state index in [1.54, 1.807) is 12.3 Å². The van der Waals surface area contributed by atoms with Crippen LogP contribution in [0.5, 0.6) is 11.5 Å². The first-order valence-corrected chi connectivity index (χ1v) is 8.62. The van der Waals surface area contributed by atoms with Crippen LogP contribution >= 0.6 is 0 Å². The fourth-order valence-corrected chi connectivity index (χ4v) is 2.90. The molecular weight excluding hydrogens is 364 g/mol. The van der Waals surface area contributed by atoms with Crippen LogP contribution < -0.4 is 4.74 Å². The Hall–Kier alpha value is -3.32. The Labute approximate surface area is 160 Å². The highest BCUT2D eigenvalue weighted by Gasteiger charge is 2.37. The summed E-state index contributed by atoms with van der Waals surface area (Å²) in [5.74, 6) is -2.26. The van der Waals surface area contributed by atoms with Crippen LogP contribution in [0.1, 0.15) is 5.82 Å². The van der Waals surface area contributed by atoms with Crippen molar-refractivity contribution in [2.75, 3.05) is 13.7 Å². The number of hydrogen-bond acceptors (Lipinski definition) is 4. The first kappa shape index (κ1) is 18.1. The predicted octanol–water partition coefficient (Wildman–Crippen LogP) is 4.93. The molecule has 7 heteroatoms. The maximum Gasteiger partial charge on any atom is 0.329 e. The molecule has 0 aliphatic rings. The van der Waals surface area contributed by atoms with Gasteiger partial charge in [-0.3, -0.25) is 4.40 Å². The van der Waals surface area contributed by atoms with E-state index in [1.165, 1.54) is 11.5 Å². The second-order valence-corrected chi connectivity index (χ2v) is 6.25. The number of nitrogens with zero attached hydrogens (tertiary/aromatic N) is 3. The zero-order valence-corrected chi connectivity index (χ0v) is 15.0. The van der Waals surface area contributed by atoms with Crippen molar-refractivity contribution in [2.45, 2.75) is 5.92 Å². The predicted molar refractivity (Wildman–Crippen MR) is 101 cm³/mol. The molecule has 0 radical (unpaired) electrons. The summed E-state index contributed by atoms with van der Waals surface area (Å²) in [6.45, 7) is -0.760. The summed E-state index contributed by atoms with van der Waals surface area (Å²) in [5.41, 5.74) is 1.96. The molecule has 0 unspecified atom stereocenters. The standard InChI is InChI=1S/C21H17F2N3O2/c1-27-14-21(22,23)20-25-24-19-12-9-16(13-26(19)20)15-7-10-18(11-8-15)28-17-5-3-2-4-6-17/h2-13H,14H2,1H3. The third kappa shape index (κ3) is 3.57. The number of pyridine rings is 1. The lowest BCUT2D eigenvalue weighted by Crippen LogP contribution is -2.23. The molecule has 28 heavy (non-hydrogen) atoms. The van der Waals surface area contributed by atoms with Gasteiger partial charge in [-0.2, -0.15) is 8.78 Å². The molecule has 2 heterocycles. The van der Waals surface area contributed by atoms with E-state index in [0.29, 0.717) is 11.4 Å². The molecule has 0 N–H and O–H groups in total. The number of halogens is 2. The van der Waals surface area contributed by atoms with E-state index in [4.69, 9.17) is 4.74 Å². The van der Waals surface area contributed by atoms with Gasteiger partial charge in [0.25, 0.3) is 0 Å². The first-order valence-electron chi connectivity index (χ1n) is 8.62. The van der Waals surface area contributed by atoms with E-state index in [2.05, 4.69) is 14.9 Å². The van der Waals surface area contributed by atoms with Crippen molar-refractivity contribution in [1.29, 1.82) is 0 Å². The molecule has 0 aliphatic carbocycles. The summed E-state index contributed by atoms with van der Waals surface area (Å²) in [6, 6.07) is 20.3. The Morgan fingerprint density at radius 3 is 2.25 bits per heavy atom. The average molecular weight is 381 g/mol. The molecule has 0 fully saturated rings. The number of benzene rings is 2. The third-order valence-corrected chi connectivity index (χ3v) is 4.22. The monoisotopic (exact) mass is 381 g/mol. The van der Waals surface area contributed by atoms with Crippen LogP contribution in [0.15, 0.2) is 72.9 Å².